The van der Waals surface area contributed by atoms with E-state index in [0.29, 0.717) is 5.92 Å². The first-order valence-electron chi connectivity index (χ1n) is 11.2. The maximum Gasteiger partial charge on any atom is 0.157 e. The van der Waals surface area contributed by atoms with Crippen molar-refractivity contribution in [2.45, 2.75) is 25.3 Å². The molecule has 0 saturated heterocycles. The maximum absolute atomic E-state index is 5.59. The highest BCUT2D eigenvalue weighted by Gasteiger charge is 2.23. The van der Waals surface area contributed by atoms with Crippen molar-refractivity contribution in [3.8, 4) is 17.0 Å². The lowest BCUT2D eigenvalue weighted by Crippen LogP contribution is -2.16. The number of hydrogen-bond acceptors (Lipinski definition) is 7. The predicted octanol–water partition coefficient (Wildman–Crippen LogP) is 4.87. The summed E-state index contributed by atoms with van der Waals surface area (Å²) in [5, 5.41) is 9.08. The highest BCUT2D eigenvalue weighted by atomic mass is 32.2. The molecule has 0 spiro atoms. The molecule has 33 heavy (non-hydrogen) atoms. The van der Waals surface area contributed by atoms with Crippen LogP contribution in [0.2, 0.25) is 0 Å². The number of aromatic nitrogens is 5. The lowest BCUT2D eigenvalue weighted by molar-refractivity contribution is 0.407. The Bertz CT molecular complexity index is 1240. The van der Waals surface area contributed by atoms with Crippen LogP contribution in [-0.2, 0) is 6.54 Å². The fourth-order valence-electron chi connectivity index (χ4n) is 4.09. The second-order valence-electron chi connectivity index (χ2n) is 8.47. The van der Waals surface area contributed by atoms with E-state index in [-0.39, 0.29) is 0 Å². The zero-order chi connectivity index (χ0) is 22.6. The summed E-state index contributed by atoms with van der Waals surface area (Å²) in [6.45, 7) is 1.71. The average molecular weight is 461 g/mol. The number of thioether (sulfide) groups is 1. The number of para-hydroxylation sites is 1. The van der Waals surface area contributed by atoms with E-state index in [4.69, 9.17) is 4.74 Å². The van der Waals surface area contributed by atoms with E-state index in [1.54, 1.807) is 13.4 Å². The van der Waals surface area contributed by atoms with Crippen molar-refractivity contribution in [3.05, 3.63) is 60.7 Å². The van der Waals surface area contributed by atoms with Gasteiger partial charge < -0.3 is 10.1 Å². The molecule has 1 aliphatic rings. The van der Waals surface area contributed by atoms with Gasteiger partial charge in [-0.05, 0) is 42.7 Å². The topological polar surface area (TPSA) is 77.8 Å². The molecule has 170 valence electrons. The third kappa shape index (κ3) is 4.95. The minimum absolute atomic E-state index is 0.296. The van der Waals surface area contributed by atoms with Crippen LogP contribution >= 0.6 is 11.8 Å². The molecule has 7 nitrogen and oxygen atoms in total. The fraction of sp³-hybridized carbons (Fsp3) is 0.360. The van der Waals surface area contributed by atoms with Crippen LogP contribution in [0.4, 0.5) is 5.82 Å². The molecule has 0 aliphatic heterocycles. The van der Waals surface area contributed by atoms with Gasteiger partial charge in [-0.1, -0.05) is 18.2 Å². The number of methoxy groups -OCH3 is 1. The van der Waals surface area contributed by atoms with Crippen LogP contribution < -0.4 is 10.1 Å². The van der Waals surface area contributed by atoms with Crippen LogP contribution in [-0.4, -0.2) is 50.4 Å². The molecule has 1 saturated carbocycles. The van der Waals surface area contributed by atoms with Gasteiger partial charge in [-0.3, -0.25) is 0 Å². The number of fused-ring (bicyclic) bond motifs is 1. The van der Waals surface area contributed by atoms with Gasteiger partial charge >= 0.3 is 0 Å². The Morgan fingerprint density at radius 2 is 2.03 bits per heavy atom. The number of ether oxygens (including phenoxy) is 1. The van der Waals surface area contributed by atoms with E-state index < -0.39 is 0 Å². The Kier molecular flexibility index (Phi) is 6.44. The molecule has 1 unspecified atom stereocenters. The lowest BCUT2D eigenvalue weighted by Gasteiger charge is -2.20. The molecule has 3 heterocycles. The smallest absolute Gasteiger partial charge is 0.157 e. The minimum atomic E-state index is 0.296. The van der Waals surface area contributed by atoms with E-state index in [0.717, 1.165) is 58.6 Å². The number of anilines is 1. The third-order valence-electron chi connectivity index (χ3n) is 6.04. The molecule has 1 aromatic carbocycles. The Labute approximate surface area is 198 Å². The summed E-state index contributed by atoms with van der Waals surface area (Å²) in [4.78, 5) is 13.6. The van der Waals surface area contributed by atoms with Crippen molar-refractivity contribution >= 4 is 28.6 Å². The molecule has 0 bridgehead atoms. The van der Waals surface area contributed by atoms with E-state index in [2.05, 4.69) is 49.8 Å². The molecule has 8 heteroatoms. The fourth-order valence-corrected chi connectivity index (χ4v) is 4.79. The quantitative estimate of drug-likeness (QED) is 0.362. The average Bonchev–Trinajstić information content (AvgIpc) is 3.60. The van der Waals surface area contributed by atoms with Gasteiger partial charge in [0.25, 0.3) is 0 Å². The molecule has 1 fully saturated rings. The van der Waals surface area contributed by atoms with E-state index in [9.17, 15) is 0 Å². The van der Waals surface area contributed by atoms with Crippen molar-refractivity contribution < 1.29 is 4.74 Å². The van der Waals surface area contributed by atoms with Gasteiger partial charge in [-0.15, -0.1) is 0 Å². The summed E-state index contributed by atoms with van der Waals surface area (Å²) in [5.74, 6) is 3.76. The summed E-state index contributed by atoms with van der Waals surface area (Å²) in [6.07, 6.45) is 10.1. The van der Waals surface area contributed by atoms with Gasteiger partial charge in [0.2, 0.25) is 0 Å². The summed E-state index contributed by atoms with van der Waals surface area (Å²) < 4.78 is 7.61. The monoisotopic (exact) mass is 460 g/mol. The molecule has 4 aromatic rings. The van der Waals surface area contributed by atoms with E-state index in [1.807, 2.05) is 47.0 Å². The van der Waals surface area contributed by atoms with Crippen LogP contribution in [0.1, 0.15) is 24.3 Å². The Morgan fingerprint density at radius 3 is 2.85 bits per heavy atom. The molecule has 0 amide bonds. The van der Waals surface area contributed by atoms with Gasteiger partial charge in [0.1, 0.15) is 17.9 Å². The van der Waals surface area contributed by atoms with Crippen molar-refractivity contribution in [3.63, 3.8) is 0 Å². The normalized spacial score (nSPS) is 14.4. The first kappa shape index (κ1) is 21.7. The Morgan fingerprint density at radius 1 is 1.15 bits per heavy atom. The van der Waals surface area contributed by atoms with Gasteiger partial charge in [-0.2, -0.15) is 16.9 Å². The second kappa shape index (κ2) is 9.79. The standard InChI is InChI=1S/C25H28N6OS/c1-32-23-6-4-3-5-21(23)20(15-33-2)12-26-24-10-22(28-16-29-24)18-9-19-13-30-31(14-17-7-8-17)25(19)27-11-18/h3-6,9-11,13,16-17,20H,7-8,12,14-15H2,1-2H3,(H,26,28,29). The summed E-state index contributed by atoms with van der Waals surface area (Å²) in [5.41, 5.74) is 3.95. The Balaban J connectivity index is 1.33. The largest absolute Gasteiger partial charge is 0.496 e. The minimum Gasteiger partial charge on any atom is -0.496 e. The number of nitrogens with one attached hydrogen (secondary N) is 1. The molecule has 1 atom stereocenters. The molecule has 1 N–H and O–H groups in total. The number of pyridine rings is 1. The van der Waals surface area contributed by atoms with Crippen LogP contribution in [0.25, 0.3) is 22.3 Å². The highest BCUT2D eigenvalue weighted by Crippen LogP contribution is 2.32. The highest BCUT2D eigenvalue weighted by molar-refractivity contribution is 7.98. The van der Waals surface area contributed by atoms with Crippen molar-refractivity contribution in [2.24, 2.45) is 5.92 Å². The van der Waals surface area contributed by atoms with Crippen molar-refractivity contribution in [1.29, 1.82) is 0 Å². The lowest BCUT2D eigenvalue weighted by atomic mass is 10.00. The SMILES string of the molecule is COc1ccccc1C(CNc1cc(-c2cnc3c(cnn3CC3CC3)c2)ncn1)CSC. The number of hydrogen-bond donors (Lipinski definition) is 1. The summed E-state index contributed by atoms with van der Waals surface area (Å²) in [7, 11) is 1.72. The van der Waals surface area contributed by atoms with Crippen LogP contribution in [0, 0.1) is 5.92 Å². The predicted molar refractivity (Wildman–Crippen MR) is 134 cm³/mol. The van der Waals surface area contributed by atoms with Crippen molar-refractivity contribution in [2.75, 3.05) is 31.0 Å². The van der Waals surface area contributed by atoms with E-state index in [1.165, 1.54) is 18.4 Å². The van der Waals surface area contributed by atoms with Gasteiger partial charge in [-0.25, -0.2) is 19.6 Å². The molecule has 1 aliphatic carbocycles. The number of nitrogens with zero attached hydrogens (tertiary/aromatic N) is 5. The van der Waals surface area contributed by atoms with Crippen LogP contribution in [0.3, 0.4) is 0 Å². The number of rotatable bonds is 10. The first-order valence-corrected chi connectivity index (χ1v) is 12.6. The third-order valence-corrected chi connectivity index (χ3v) is 6.78. The molecule has 0 radical (unpaired) electrons. The second-order valence-corrected chi connectivity index (χ2v) is 9.38. The molecular weight excluding hydrogens is 432 g/mol. The Hall–Kier alpha value is -3.13. The van der Waals surface area contributed by atoms with Crippen molar-refractivity contribution in [1.82, 2.24) is 24.7 Å². The molecule has 5 rings (SSSR count). The molecule has 3 aromatic heterocycles. The maximum atomic E-state index is 5.59. The van der Waals surface area contributed by atoms with Gasteiger partial charge in [0.15, 0.2) is 5.65 Å². The zero-order valence-electron chi connectivity index (χ0n) is 18.9. The number of benzene rings is 1. The van der Waals surface area contributed by atoms with Gasteiger partial charge in [0, 0.05) is 48.0 Å². The van der Waals surface area contributed by atoms with Crippen LogP contribution in [0.15, 0.2) is 55.1 Å². The molecular formula is C25H28N6OS. The van der Waals surface area contributed by atoms with E-state index >= 15 is 0 Å². The summed E-state index contributed by atoms with van der Waals surface area (Å²) >= 11 is 1.82. The first-order chi connectivity index (χ1) is 16.2. The zero-order valence-corrected chi connectivity index (χ0v) is 19.8. The van der Waals surface area contributed by atoms with Crippen LogP contribution in [0.5, 0.6) is 5.75 Å². The summed E-state index contributed by atoms with van der Waals surface area (Å²) in [6, 6.07) is 12.3. The van der Waals surface area contributed by atoms with Gasteiger partial charge in [0.05, 0.1) is 19.0 Å².